The number of rotatable bonds is 5. The first-order chi connectivity index (χ1) is 24.2. The van der Waals surface area contributed by atoms with Crippen LogP contribution in [0.25, 0.3) is 55.1 Å². The van der Waals surface area contributed by atoms with Crippen LogP contribution in [0.5, 0.6) is 11.5 Å². The van der Waals surface area contributed by atoms with Crippen molar-refractivity contribution >= 4 is 55.0 Å². The number of pyridine rings is 1. The van der Waals surface area contributed by atoms with E-state index in [1.807, 2.05) is 6.20 Å². The molecule has 0 N–H and O–H groups in total. The maximum absolute atomic E-state index is 6.81. The molecule has 6 nitrogen and oxygen atoms in total. The highest BCUT2D eigenvalue weighted by Crippen LogP contribution is 2.40. The van der Waals surface area contributed by atoms with Gasteiger partial charge in [0, 0.05) is 77.4 Å². The molecule has 5 aromatic carbocycles. The molecule has 0 spiro atoms. The highest BCUT2D eigenvalue weighted by Gasteiger charge is 2.25. The lowest BCUT2D eigenvalue weighted by atomic mass is 9.86. The van der Waals surface area contributed by atoms with Crippen LogP contribution < -0.4 is 9.64 Å². The van der Waals surface area contributed by atoms with Crippen molar-refractivity contribution in [3.8, 4) is 17.3 Å². The van der Waals surface area contributed by atoms with Crippen LogP contribution in [0.3, 0.4) is 0 Å². The number of benzene rings is 5. The summed E-state index contributed by atoms with van der Waals surface area (Å²) in [6.07, 6.45) is 4.23. The average molecular weight is 654 g/mol. The van der Waals surface area contributed by atoms with Gasteiger partial charge in [-0.3, -0.25) is 4.57 Å². The van der Waals surface area contributed by atoms with Crippen molar-refractivity contribution in [2.75, 3.05) is 18.6 Å². The second-order valence-corrected chi connectivity index (χ2v) is 14.4. The Morgan fingerprint density at radius 1 is 0.620 bits per heavy atom. The van der Waals surface area contributed by atoms with Gasteiger partial charge in [-0.1, -0.05) is 87.5 Å². The molecule has 0 aliphatic carbocycles. The van der Waals surface area contributed by atoms with Gasteiger partial charge in [-0.05, 0) is 52.9 Å². The van der Waals surface area contributed by atoms with Gasteiger partial charge in [0.15, 0.2) is 0 Å². The minimum Gasteiger partial charge on any atom is -0.457 e. The fourth-order valence-corrected chi connectivity index (χ4v) is 7.47. The van der Waals surface area contributed by atoms with E-state index >= 15 is 0 Å². The summed E-state index contributed by atoms with van der Waals surface area (Å²) in [4.78, 5) is 9.65. The summed E-state index contributed by atoms with van der Waals surface area (Å²) in [6, 6.07) is 43.0. The van der Waals surface area contributed by atoms with Crippen molar-refractivity contribution in [1.82, 2.24) is 19.0 Å². The summed E-state index contributed by atoms with van der Waals surface area (Å²) in [5, 5.41) is 4.71. The van der Waals surface area contributed by atoms with Gasteiger partial charge >= 0.3 is 0 Å². The van der Waals surface area contributed by atoms with Gasteiger partial charge in [0.05, 0.1) is 28.9 Å². The third-order valence-corrected chi connectivity index (χ3v) is 10.0. The zero-order valence-corrected chi connectivity index (χ0v) is 29.1. The summed E-state index contributed by atoms with van der Waals surface area (Å²) < 4.78 is 11.3. The van der Waals surface area contributed by atoms with Crippen LogP contribution in [0.15, 0.2) is 134 Å². The van der Waals surface area contributed by atoms with E-state index in [0.717, 1.165) is 57.0 Å². The lowest BCUT2D eigenvalue weighted by Crippen LogP contribution is -2.24. The van der Waals surface area contributed by atoms with Gasteiger partial charge in [0.1, 0.15) is 17.3 Å². The van der Waals surface area contributed by atoms with Crippen LogP contribution in [0.1, 0.15) is 31.9 Å². The summed E-state index contributed by atoms with van der Waals surface area (Å²) in [5.74, 6) is 2.47. The Labute approximate surface area is 292 Å². The predicted molar refractivity (Wildman–Crippen MR) is 207 cm³/mol. The molecule has 0 atom stereocenters. The molecular formula is C44H39N5O. The van der Waals surface area contributed by atoms with Crippen LogP contribution in [-0.2, 0) is 12.5 Å². The van der Waals surface area contributed by atoms with Gasteiger partial charge in [-0.2, -0.15) is 0 Å². The average Bonchev–Trinajstić information content (AvgIpc) is 3.77. The lowest BCUT2D eigenvalue weighted by Gasteiger charge is -2.27. The molecule has 0 radical (unpaired) electrons. The number of hydrogen-bond acceptors (Lipinski definition) is 4. The van der Waals surface area contributed by atoms with Crippen LogP contribution in [0.2, 0.25) is 0 Å². The van der Waals surface area contributed by atoms with Crippen LogP contribution in [0.4, 0.5) is 5.69 Å². The molecule has 0 bridgehead atoms. The van der Waals surface area contributed by atoms with E-state index < -0.39 is 0 Å². The topological polar surface area (TPSA) is 38.5 Å². The second-order valence-electron chi connectivity index (χ2n) is 14.4. The number of para-hydroxylation sites is 2. The van der Waals surface area contributed by atoms with E-state index in [1.54, 1.807) is 0 Å². The van der Waals surface area contributed by atoms with Crippen molar-refractivity contribution < 1.29 is 4.74 Å². The van der Waals surface area contributed by atoms with Crippen molar-refractivity contribution in [2.45, 2.75) is 26.2 Å². The highest BCUT2D eigenvalue weighted by atomic mass is 16.5. The summed E-state index contributed by atoms with van der Waals surface area (Å²) >= 11 is 0. The van der Waals surface area contributed by atoms with Gasteiger partial charge < -0.3 is 19.1 Å². The monoisotopic (exact) mass is 653 g/mol. The van der Waals surface area contributed by atoms with Crippen LogP contribution in [0, 0.1) is 0 Å². The van der Waals surface area contributed by atoms with Gasteiger partial charge in [-0.25, -0.2) is 4.98 Å². The number of anilines is 1. The molecule has 0 fully saturated rings. The largest absolute Gasteiger partial charge is 0.457 e. The summed E-state index contributed by atoms with van der Waals surface area (Å²) in [6.45, 7) is 7.52. The first kappa shape index (κ1) is 30.1. The standard InChI is InChI=1S/C44H39N5O/c1-44(2,3)30-21-31(48-28-46(4)27-42(48)29-13-7-6-8-14-29)23-33(22-30)50-32-19-20-36-34-15-10-12-18-39(34)49(41(36)24-32)43-25-40-37(26-45-43)35-16-9-11-17-38(35)47(40)5/h6-27H,28H2,1-5H3. The predicted octanol–water partition coefficient (Wildman–Crippen LogP) is 10.6. The first-order valence-corrected chi connectivity index (χ1v) is 17.2. The van der Waals surface area contributed by atoms with E-state index in [-0.39, 0.29) is 5.41 Å². The fraction of sp³-hybridized carbons (Fsp3) is 0.159. The highest BCUT2D eigenvalue weighted by molar-refractivity contribution is 6.11. The number of hydrogen-bond donors (Lipinski definition) is 0. The van der Waals surface area contributed by atoms with E-state index in [2.05, 4.69) is 181 Å². The quantitative estimate of drug-likeness (QED) is 0.185. The number of fused-ring (bicyclic) bond motifs is 6. The Hall–Kier alpha value is -6.01. The zero-order chi connectivity index (χ0) is 34.1. The Morgan fingerprint density at radius 2 is 1.32 bits per heavy atom. The molecule has 3 aromatic heterocycles. The Balaban J connectivity index is 1.16. The molecule has 0 amide bonds. The Morgan fingerprint density at radius 3 is 2.10 bits per heavy atom. The van der Waals surface area contributed by atoms with E-state index in [4.69, 9.17) is 9.72 Å². The molecule has 1 aliphatic heterocycles. The summed E-state index contributed by atoms with van der Waals surface area (Å²) in [7, 11) is 4.25. The molecule has 0 unspecified atom stereocenters. The van der Waals surface area contributed by atoms with E-state index in [9.17, 15) is 0 Å². The van der Waals surface area contributed by atoms with Crippen molar-refractivity contribution in [3.05, 3.63) is 145 Å². The third kappa shape index (κ3) is 4.90. The molecule has 0 saturated heterocycles. The smallest absolute Gasteiger partial charge is 0.139 e. The van der Waals surface area contributed by atoms with Crippen molar-refractivity contribution in [1.29, 1.82) is 0 Å². The van der Waals surface area contributed by atoms with Crippen LogP contribution in [-0.4, -0.2) is 32.7 Å². The number of aromatic nitrogens is 3. The molecule has 1 aliphatic rings. The van der Waals surface area contributed by atoms with Crippen molar-refractivity contribution in [3.63, 3.8) is 0 Å². The minimum atomic E-state index is -0.0706. The van der Waals surface area contributed by atoms with Gasteiger partial charge in [0.2, 0.25) is 0 Å². The lowest BCUT2D eigenvalue weighted by molar-refractivity contribution is 0.477. The SMILES string of the molecule is CN1C=C(c2ccccc2)N(c2cc(Oc3ccc4c5ccccc5n(-c5cc6c(cn5)c5ccccc5n6C)c4c3)cc(C(C)(C)C)c2)C1. The first-order valence-electron chi connectivity index (χ1n) is 17.2. The molecule has 8 aromatic rings. The van der Waals surface area contributed by atoms with Gasteiger partial charge in [-0.15, -0.1) is 0 Å². The Bertz CT molecular complexity index is 2620. The van der Waals surface area contributed by atoms with Crippen molar-refractivity contribution in [2.24, 2.45) is 7.05 Å². The summed E-state index contributed by atoms with van der Waals surface area (Å²) in [5.41, 5.74) is 9.13. The number of nitrogens with zero attached hydrogens (tertiary/aromatic N) is 5. The molecule has 6 heteroatoms. The molecule has 4 heterocycles. The third-order valence-electron chi connectivity index (χ3n) is 10.0. The molecule has 246 valence electrons. The van der Waals surface area contributed by atoms with Gasteiger partial charge in [0.25, 0.3) is 0 Å². The van der Waals surface area contributed by atoms with E-state index in [1.165, 1.54) is 33.1 Å². The molecule has 0 saturated carbocycles. The maximum Gasteiger partial charge on any atom is 0.139 e. The number of aryl methyl sites for hydroxylation is 1. The molecule has 50 heavy (non-hydrogen) atoms. The minimum absolute atomic E-state index is 0.0706. The second kappa shape index (κ2) is 11.3. The zero-order valence-electron chi connectivity index (χ0n) is 29.1. The maximum atomic E-state index is 6.81. The fourth-order valence-electron chi connectivity index (χ4n) is 7.47. The van der Waals surface area contributed by atoms with Crippen LogP contribution >= 0.6 is 0 Å². The molecule has 9 rings (SSSR count). The molecular weight excluding hydrogens is 615 g/mol. The normalized spacial score (nSPS) is 13.7. The number of ether oxygens (including phenoxy) is 1. The van der Waals surface area contributed by atoms with E-state index in [0.29, 0.717) is 0 Å². The Kier molecular flexibility index (Phi) is 6.78.